The van der Waals surface area contributed by atoms with Crippen LogP contribution >= 0.6 is 0 Å². The fraction of sp³-hybridized carbons (Fsp3) is 0.409. The van der Waals surface area contributed by atoms with Gasteiger partial charge in [0.25, 0.3) is 5.91 Å². The SMILES string of the molecule is CN1C[C@H]2CN(C(=O)c3cc(CCN)ccc3F)C[C@H]2[C@@H]1c1ccccc1. The van der Waals surface area contributed by atoms with Gasteiger partial charge < -0.3 is 10.6 Å². The predicted molar refractivity (Wildman–Crippen MR) is 104 cm³/mol. The minimum absolute atomic E-state index is 0.172. The molecule has 2 N–H and O–H groups in total. The number of benzene rings is 2. The first-order valence-corrected chi connectivity index (χ1v) is 9.61. The molecule has 27 heavy (non-hydrogen) atoms. The Kier molecular flexibility index (Phi) is 4.98. The van der Waals surface area contributed by atoms with Gasteiger partial charge in [-0.05, 0) is 49.2 Å². The number of nitrogens with zero attached hydrogens (tertiary/aromatic N) is 2. The number of hydrogen-bond donors (Lipinski definition) is 1. The molecule has 2 heterocycles. The zero-order chi connectivity index (χ0) is 19.0. The zero-order valence-electron chi connectivity index (χ0n) is 15.6. The molecule has 0 aromatic heterocycles. The third-order valence-electron chi connectivity index (χ3n) is 6.02. The van der Waals surface area contributed by atoms with Crippen LogP contribution in [-0.2, 0) is 6.42 Å². The van der Waals surface area contributed by atoms with E-state index in [2.05, 4.69) is 36.2 Å². The van der Waals surface area contributed by atoms with Crippen molar-refractivity contribution in [2.24, 2.45) is 17.6 Å². The van der Waals surface area contributed by atoms with Gasteiger partial charge in [0, 0.05) is 31.6 Å². The molecule has 2 aliphatic rings. The monoisotopic (exact) mass is 367 g/mol. The Labute approximate surface area is 159 Å². The number of hydrogen-bond acceptors (Lipinski definition) is 3. The standard InChI is InChI=1S/C22H26FN3O/c1-25-12-17-13-26(14-19(17)21(25)16-5-3-2-4-6-16)22(27)18-11-15(9-10-24)7-8-20(18)23/h2-8,11,17,19,21H,9-10,12-14,24H2,1H3/t17-,19+,21-/m0/s1. The Balaban J connectivity index is 1.55. The van der Waals surface area contributed by atoms with Crippen molar-refractivity contribution < 1.29 is 9.18 Å². The second kappa shape index (κ2) is 7.41. The van der Waals surface area contributed by atoms with Crippen molar-refractivity contribution in [2.45, 2.75) is 12.5 Å². The highest BCUT2D eigenvalue weighted by atomic mass is 19.1. The molecule has 4 nitrogen and oxygen atoms in total. The van der Waals surface area contributed by atoms with Gasteiger partial charge in [-0.3, -0.25) is 9.69 Å². The molecule has 2 aromatic carbocycles. The maximum atomic E-state index is 14.3. The fourth-order valence-corrected chi connectivity index (χ4v) is 4.80. The third-order valence-corrected chi connectivity index (χ3v) is 6.02. The lowest BCUT2D eigenvalue weighted by Gasteiger charge is -2.27. The van der Waals surface area contributed by atoms with E-state index in [1.54, 1.807) is 12.1 Å². The quantitative estimate of drug-likeness (QED) is 0.904. The Hall–Kier alpha value is -2.24. The lowest BCUT2D eigenvalue weighted by atomic mass is 9.90. The Morgan fingerprint density at radius 1 is 1.15 bits per heavy atom. The number of likely N-dealkylation sites (tertiary alicyclic amines) is 2. The number of amides is 1. The molecule has 1 amide bonds. The molecule has 2 aromatic rings. The summed E-state index contributed by atoms with van der Waals surface area (Å²) in [6.07, 6.45) is 0.646. The fourth-order valence-electron chi connectivity index (χ4n) is 4.80. The van der Waals surface area contributed by atoms with Gasteiger partial charge in [0.15, 0.2) is 0 Å². The van der Waals surface area contributed by atoms with Gasteiger partial charge in [-0.1, -0.05) is 36.4 Å². The van der Waals surface area contributed by atoms with E-state index in [1.807, 2.05) is 11.0 Å². The first kappa shape index (κ1) is 18.1. The summed E-state index contributed by atoms with van der Waals surface area (Å²) in [4.78, 5) is 17.2. The second-order valence-corrected chi connectivity index (χ2v) is 7.78. The van der Waals surface area contributed by atoms with Crippen molar-refractivity contribution in [1.82, 2.24) is 9.80 Å². The van der Waals surface area contributed by atoms with Crippen LogP contribution in [0.25, 0.3) is 0 Å². The number of carbonyl (C=O) groups is 1. The van der Waals surface area contributed by atoms with E-state index in [-0.39, 0.29) is 11.5 Å². The van der Waals surface area contributed by atoms with E-state index in [0.29, 0.717) is 43.9 Å². The summed E-state index contributed by atoms with van der Waals surface area (Å²) < 4.78 is 14.3. The zero-order valence-corrected chi connectivity index (χ0v) is 15.6. The minimum Gasteiger partial charge on any atom is -0.338 e. The van der Waals surface area contributed by atoms with Gasteiger partial charge in [-0.15, -0.1) is 0 Å². The summed E-state index contributed by atoms with van der Waals surface area (Å²) in [5.41, 5.74) is 7.97. The van der Waals surface area contributed by atoms with E-state index in [4.69, 9.17) is 5.73 Å². The van der Waals surface area contributed by atoms with Gasteiger partial charge >= 0.3 is 0 Å². The Bertz CT molecular complexity index is 826. The second-order valence-electron chi connectivity index (χ2n) is 7.78. The van der Waals surface area contributed by atoms with Crippen LogP contribution in [0.15, 0.2) is 48.5 Å². The van der Waals surface area contributed by atoms with Gasteiger partial charge in [-0.2, -0.15) is 0 Å². The molecule has 142 valence electrons. The molecule has 2 aliphatic heterocycles. The third kappa shape index (κ3) is 3.37. The van der Waals surface area contributed by atoms with E-state index in [9.17, 15) is 9.18 Å². The predicted octanol–water partition coefficient (Wildman–Crippen LogP) is 2.70. The molecule has 2 fully saturated rings. The lowest BCUT2D eigenvalue weighted by molar-refractivity contribution is 0.0763. The van der Waals surface area contributed by atoms with Crippen molar-refractivity contribution >= 4 is 5.91 Å². The molecular formula is C22H26FN3O. The van der Waals surface area contributed by atoms with Gasteiger partial charge in [0.2, 0.25) is 0 Å². The van der Waals surface area contributed by atoms with Crippen LogP contribution in [0.4, 0.5) is 4.39 Å². The average molecular weight is 367 g/mol. The smallest absolute Gasteiger partial charge is 0.256 e. The number of halogens is 1. The summed E-state index contributed by atoms with van der Waals surface area (Å²) in [5.74, 6) is 0.167. The summed E-state index contributed by atoms with van der Waals surface area (Å²) in [6.45, 7) is 2.81. The maximum absolute atomic E-state index is 14.3. The van der Waals surface area contributed by atoms with Crippen molar-refractivity contribution in [3.05, 3.63) is 71.0 Å². The summed E-state index contributed by atoms with van der Waals surface area (Å²) in [5, 5.41) is 0. The van der Waals surface area contributed by atoms with E-state index >= 15 is 0 Å². The number of carbonyl (C=O) groups excluding carboxylic acids is 1. The molecule has 4 rings (SSSR count). The number of nitrogens with two attached hydrogens (primary N) is 1. The number of rotatable bonds is 4. The number of fused-ring (bicyclic) bond motifs is 1. The van der Waals surface area contributed by atoms with Crippen molar-refractivity contribution in [1.29, 1.82) is 0 Å². The largest absolute Gasteiger partial charge is 0.338 e. The molecular weight excluding hydrogens is 341 g/mol. The van der Waals surface area contributed by atoms with Crippen LogP contribution in [-0.4, -0.2) is 48.9 Å². The molecule has 0 bridgehead atoms. The van der Waals surface area contributed by atoms with E-state index < -0.39 is 5.82 Å². The highest BCUT2D eigenvalue weighted by Gasteiger charge is 2.47. The van der Waals surface area contributed by atoms with Gasteiger partial charge in [0.1, 0.15) is 5.82 Å². The first-order chi connectivity index (χ1) is 13.1. The molecule has 3 atom stereocenters. The molecule has 5 heteroatoms. The molecule has 0 spiro atoms. The van der Waals surface area contributed by atoms with Crippen LogP contribution in [0, 0.1) is 17.7 Å². The van der Waals surface area contributed by atoms with Crippen molar-refractivity contribution in [3.8, 4) is 0 Å². The summed E-state index contributed by atoms with van der Waals surface area (Å²) >= 11 is 0. The lowest BCUT2D eigenvalue weighted by Crippen LogP contribution is -2.34. The van der Waals surface area contributed by atoms with Crippen LogP contribution in [0.2, 0.25) is 0 Å². The van der Waals surface area contributed by atoms with Crippen LogP contribution in [0.3, 0.4) is 0 Å². The highest BCUT2D eigenvalue weighted by molar-refractivity contribution is 5.95. The molecule has 0 saturated carbocycles. The minimum atomic E-state index is -0.449. The molecule has 0 aliphatic carbocycles. The van der Waals surface area contributed by atoms with Crippen LogP contribution in [0.1, 0.15) is 27.5 Å². The van der Waals surface area contributed by atoms with Crippen molar-refractivity contribution in [2.75, 3.05) is 33.2 Å². The normalized spacial score (nSPS) is 25.0. The first-order valence-electron chi connectivity index (χ1n) is 9.61. The van der Waals surface area contributed by atoms with Gasteiger partial charge in [-0.25, -0.2) is 4.39 Å². The molecule has 0 radical (unpaired) electrons. The van der Waals surface area contributed by atoms with E-state index in [0.717, 1.165) is 12.1 Å². The average Bonchev–Trinajstić information content (AvgIpc) is 3.20. The van der Waals surface area contributed by atoms with E-state index in [1.165, 1.54) is 11.6 Å². The van der Waals surface area contributed by atoms with Crippen molar-refractivity contribution in [3.63, 3.8) is 0 Å². The van der Waals surface area contributed by atoms with Gasteiger partial charge in [0.05, 0.1) is 5.56 Å². The molecule has 0 unspecified atom stereocenters. The van der Waals surface area contributed by atoms with Crippen LogP contribution < -0.4 is 5.73 Å². The summed E-state index contributed by atoms with van der Waals surface area (Å²) in [7, 11) is 2.15. The highest BCUT2D eigenvalue weighted by Crippen LogP contribution is 2.44. The molecule has 2 saturated heterocycles. The summed E-state index contributed by atoms with van der Waals surface area (Å²) in [6, 6.07) is 15.5. The van der Waals surface area contributed by atoms with Crippen LogP contribution in [0.5, 0.6) is 0 Å². The Morgan fingerprint density at radius 3 is 2.67 bits per heavy atom. The maximum Gasteiger partial charge on any atom is 0.256 e. The Morgan fingerprint density at radius 2 is 1.93 bits per heavy atom. The topological polar surface area (TPSA) is 49.6 Å².